The number of carboxylic acids is 1. The molecular formula is C15H21N3O5. The largest absolute Gasteiger partial charge is 0.481 e. The second kappa shape index (κ2) is 8.72. The first-order valence-electron chi connectivity index (χ1n) is 7.31. The zero-order valence-corrected chi connectivity index (χ0v) is 13.1. The Morgan fingerprint density at radius 2 is 1.87 bits per heavy atom. The number of carbonyl (C=O) groups is 2. The number of anilines is 1. The van der Waals surface area contributed by atoms with Gasteiger partial charge < -0.3 is 15.7 Å². The highest BCUT2D eigenvalue weighted by molar-refractivity contribution is 5.77. The number of carboxylic acid groups (broad SMARTS) is 1. The van der Waals surface area contributed by atoms with E-state index >= 15 is 0 Å². The van der Waals surface area contributed by atoms with Crippen molar-refractivity contribution in [1.29, 1.82) is 0 Å². The Morgan fingerprint density at radius 1 is 1.26 bits per heavy atom. The third kappa shape index (κ3) is 6.33. The summed E-state index contributed by atoms with van der Waals surface area (Å²) in [5.74, 6) is -1.79. The molecule has 0 aliphatic rings. The van der Waals surface area contributed by atoms with Crippen molar-refractivity contribution < 1.29 is 19.6 Å². The topological polar surface area (TPSA) is 122 Å². The number of hydrogen-bond acceptors (Lipinski definition) is 5. The first-order valence-corrected chi connectivity index (χ1v) is 7.31. The van der Waals surface area contributed by atoms with E-state index in [0.717, 1.165) is 5.69 Å². The fourth-order valence-corrected chi connectivity index (χ4v) is 1.85. The standard InChI is InChI=1S/C15H21N3O5/c1-10(15(20)21)11(2)17-14(19)4-3-9-16-12-5-7-13(8-6-12)18(22)23/h5-8,10-11,16H,3-4,9H2,1-2H3,(H,17,19)(H,20,21). The van der Waals surface area contributed by atoms with E-state index in [9.17, 15) is 19.7 Å². The predicted molar refractivity (Wildman–Crippen MR) is 85.2 cm³/mol. The maximum absolute atomic E-state index is 11.7. The number of amides is 1. The molecular weight excluding hydrogens is 302 g/mol. The Bertz CT molecular complexity index is 559. The van der Waals surface area contributed by atoms with Gasteiger partial charge in [-0.2, -0.15) is 0 Å². The van der Waals surface area contributed by atoms with E-state index in [-0.39, 0.29) is 18.0 Å². The van der Waals surface area contributed by atoms with E-state index in [1.54, 1.807) is 26.0 Å². The molecule has 8 heteroatoms. The lowest BCUT2D eigenvalue weighted by Crippen LogP contribution is -2.40. The third-order valence-electron chi connectivity index (χ3n) is 3.52. The highest BCUT2D eigenvalue weighted by Crippen LogP contribution is 2.15. The van der Waals surface area contributed by atoms with Gasteiger partial charge in [0, 0.05) is 36.8 Å². The molecule has 1 amide bonds. The van der Waals surface area contributed by atoms with Crippen LogP contribution in [0, 0.1) is 16.0 Å². The minimum atomic E-state index is -0.947. The average Bonchev–Trinajstić information content (AvgIpc) is 2.51. The van der Waals surface area contributed by atoms with E-state index in [0.29, 0.717) is 13.0 Å². The van der Waals surface area contributed by atoms with Gasteiger partial charge in [-0.1, -0.05) is 0 Å². The summed E-state index contributed by atoms with van der Waals surface area (Å²) in [5, 5.41) is 25.1. The molecule has 0 aromatic heterocycles. The molecule has 23 heavy (non-hydrogen) atoms. The van der Waals surface area contributed by atoms with Crippen LogP contribution in [0.25, 0.3) is 0 Å². The molecule has 126 valence electrons. The maximum atomic E-state index is 11.7. The molecule has 0 spiro atoms. The van der Waals surface area contributed by atoms with Gasteiger partial charge in [0.25, 0.3) is 5.69 Å². The number of carbonyl (C=O) groups excluding carboxylic acids is 1. The van der Waals surface area contributed by atoms with Crippen molar-refractivity contribution in [3.63, 3.8) is 0 Å². The summed E-state index contributed by atoms with van der Waals surface area (Å²) in [6.45, 7) is 3.74. The SMILES string of the molecule is CC(NC(=O)CCCNc1ccc([N+](=O)[O-])cc1)C(C)C(=O)O. The summed E-state index contributed by atoms with van der Waals surface area (Å²) >= 11 is 0. The molecule has 0 heterocycles. The van der Waals surface area contributed by atoms with Crippen LogP contribution >= 0.6 is 0 Å². The van der Waals surface area contributed by atoms with E-state index in [2.05, 4.69) is 10.6 Å². The Kier molecular flexibility index (Phi) is 6.98. The minimum absolute atomic E-state index is 0.0245. The fraction of sp³-hybridized carbons (Fsp3) is 0.467. The Hall–Kier alpha value is -2.64. The van der Waals surface area contributed by atoms with E-state index in [1.165, 1.54) is 12.1 Å². The Labute approximate surface area is 134 Å². The van der Waals surface area contributed by atoms with Crippen LogP contribution in [0.5, 0.6) is 0 Å². The van der Waals surface area contributed by atoms with Gasteiger partial charge in [0.1, 0.15) is 0 Å². The average molecular weight is 323 g/mol. The summed E-state index contributed by atoms with van der Waals surface area (Å²) in [6, 6.07) is 5.60. The van der Waals surface area contributed by atoms with E-state index in [4.69, 9.17) is 5.11 Å². The normalized spacial score (nSPS) is 13.0. The number of non-ortho nitro benzene ring substituents is 1. The predicted octanol–water partition coefficient (Wildman–Crippen LogP) is 2.01. The molecule has 1 aromatic carbocycles. The molecule has 2 unspecified atom stereocenters. The molecule has 3 N–H and O–H groups in total. The van der Waals surface area contributed by atoms with Gasteiger partial charge >= 0.3 is 5.97 Å². The number of benzene rings is 1. The number of hydrogen-bond donors (Lipinski definition) is 3. The Balaban J connectivity index is 2.27. The molecule has 2 atom stereocenters. The monoisotopic (exact) mass is 323 g/mol. The summed E-state index contributed by atoms with van der Waals surface area (Å²) in [7, 11) is 0. The summed E-state index contributed by atoms with van der Waals surface area (Å²) in [5.41, 5.74) is 0.764. The lowest BCUT2D eigenvalue weighted by molar-refractivity contribution is -0.384. The molecule has 0 bridgehead atoms. The van der Waals surface area contributed by atoms with Gasteiger partial charge in [-0.25, -0.2) is 0 Å². The molecule has 1 rings (SSSR count). The zero-order valence-electron chi connectivity index (χ0n) is 13.1. The summed E-state index contributed by atoms with van der Waals surface area (Å²) < 4.78 is 0. The highest BCUT2D eigenvalue weighted by atomic mass is 16.6. The van der Waals surface area contributed by atoms with Crippen molar-refractivity contribution in [2.75, 3.05) is 11.9 Å². The smallest absolute Gasteiger partial charge is 0.308 e. The number of nitro groups is 1. The molecule has 0 aliphatic heterocycles. The number of nitrogens with zero attached hydrogens (tertiary/aromatic N) is 1. The first-order chi connectivity index (χ1) is 10.8. The van der Waals surface area contributed by atoms with E-state index < -0.39 is 22.9 Å². The molecule has 0 radical (unpaired) electrons. The van der Waals surface area contributed by atoms with Gasteiger partial charge in [-0.05, 0) is 32.4 Å². The number of nitrogens with one attached hydrogen (secondary N) is 2. The van der Waals surface area contributed by atoms with Crippen LogP contribution in [0.3, 0.4) is 0 Å². The third-order valence-corrected chi connectivity index (χ3v) is 3.52. The minimum Gasteiger partial charge on any atom is -0.481 e. The van der Waals surface area contributed by atoms with Gasteiger partial charge in [-0.3, -0.25) is 19.7 Å². The van der Waals surface area contributed by atoms with Crippen LogP contribution < -0.4 is 10.6 Å². The van der Waals surface area contributed by atoms with Crippen molar-refractivity contribution in [2.24, 2.45) is 5.92 Å². The van der Waals surface area contributed by atoms with E-state index in [1.807, 2.05) is 0 Å². The molecule has 0 aliphatic carbocycles. The molecule has 1 aromatic rings. The first kappa shape index (κ1) is 18.4. The van der Waals surface area contributed by atoms with Crippen LogP contribution in [0.15, 0.2) is 24.3 Å². The van der Waals surface area contributed by atoms with Gasteiger partial charge in [-0.15, -0.1) is 0 Å². The summed E-state index contributed by atoms with van der Waals surface area (Å²) in [6.07, 6.45) is 0.841. The lowest BCUT2D eigenvalue weighted by Gasteiger charge is -2.17. The van der Waals surface area contributed by atoms with Crippen molar-refractivity contribution in [2.45, 2.75) is 32.7 Å². The lowest BCUT2D eigenvalue weighted by atomic mass is 10.0. The zero-order chi connectivity index (χ0) is 17.4. The summed E-state index contributed by atoms with van der Waals surface area (Å²) in [4.78, 5) is 32.6. The second-order valence-corrected chi connectivity index (χ2v) is 5.32. The fourth-order valence-electron chi connectivity index (χ4n) is 1.85. The second-order valence-electron chi connectivity index (χ2n) is 5.32. The Morgan fingerprint density at radius 3 is 2.39 bits per heavy atom. The van der Waals surface area contributed by atoms with Crippen molar-refractivity contribution in [1.82, 2.24) is 5.32 Å². The van der Waals surface area contributed by atoms with Gasteiger partial charge in [0.15, 0.2) is 0 Å². The van der Waals surface area contributed by atoms with Gasteiger partial charge in [0.05, 0.1) is 10.8 Å². The van der Waals surface area contributed by atoms with Crippen LogP contribution in [-0.4, -0.2) is 34.5 Å². The number of aliphatic carboxylic acids is 1. The van der Waals surface area contributed by atoms with Crippen LogP contribution in [0.4, 0.5) is 11.4 Å². The quantitative estimate of drug-likeness (QED) is 0.363. The molecule has 0 saturated carbocycles. The van der Waals surface area contributed by atoms with Crippen LogP contribution in [0.2, 0.25) is 0 Å². The highest BCUT2D eigenvalue weighted by Gasteiger charge is 2.20. The van der Waals surface area contributed by atoms with Crippen LogP contribution in [-0.2, 0) is 9.59 Å². The maximum Gasteiger partial charge on any atom is 0.308 e. The molecule has 0 saturated heterocycles. The van der Waals surface area contributed by atoms with Crippen molar-refractivity contribution >= 4 is 23.3 Å². The van der Waals surface area contributed by atoms with Crippen molar-refractivity contribution in [3.05, 3.63) is 34.4 Å². The molecule has 8 nitrogen and oxygen atoms in total. The number of rotatable bonds is 9. The molecule has 0 fully saturated rings. The van der Waals surface area contributed by atoms with Crippen molar-refractivity contribution in [3.8, 4) is 0 Å². The number of nitro benzene ring substituents is 1. The van der Waals surface area contributed by atoms with Gasteiger partial charge in [0.2, 0.25) is 5.91 Å². The van der Waals surface area contributed by atoms with Crippen LogP contribution in [0.1, 0.15) is 26.7 Å².